The molecule has 0 saturated heterocycles. The van der Waals surface area contributed by atoms with Crippen molar-refractivity contribution in [3.8, 4) is 0 Å². The van der Waals surface area contributed by atoms with Crippen LogP contribution < -0.4 is 5.32 Å². The van der Waals surface area contributed by atoms with Crippen molar-refractivity contribution in [2.45, 2.75) is 19.5 Å². The molecular weight excluding hydrogens is 365 g/mol. The van der Waals surface area contributed by atoms with Gasteiger partial charge in [-0.15, -0.1) is 11.3 Å². The van der Waals surface area contributed by atoms with Gasteiger partial charge in [-0.1, -0.05) is 19.1 Å². The minimum atomic E-state index is -4.49. The first-order valence-electron chi connectivity index (χ1n) is 7.91. The van der Waals surface area contributed by atoms with Crippen molar-refractivity contribution < 1.29 is 22.8 Å². The molecule has 0 saturated carbocycles. The molecule has 1 aromatic heterocycles. The van der Waals surface area contributed by atoms with Crippen LogP contribution in [0, 0.1) is 0 Å². The largest absolute Gasteiger partial charge is 0.416 e. The first-order valence-corrected chi connectivity index (χ1v) is 8.79. The SMILES string of the molecule is CCCN1C(=O)C(Nc2cccc(C(F)(F)F)c2)=C(c2cccs2)C1=O. The molecule has 3 rings (SSSR count). The molecule has 0 unspecified atom stereocenters. The zero-order chi connectivity index (χ0) is 18.9. The van der Waals surface area contributed by atoms with Crippen LogP contribution in [0.4, 0.5) is 18.9 Å². The fourth-order valence-corrected chi connectivity index (χ4v) is 3.45. The second-order valence-electron chi connectivity index (χ2n) is 5.69. The summed E-state index contributed by atoms with van der Waals surface area (Å²) in [6.45, 7) is 2.09. The van der Waals surface area contributed by atoms with Crippen LogP contribution in [-0.2, 0) is 15.8 Å². The van der Waals surface area contributed by atoms with Crippen molar-refractivity contribution in [1.29, 1.82) is 0 Å². The van der Waals surface area contributed by atoms with E-state index in [-0.39, 0.29) is 23.5 Å². The number of benzene rings is 1. The lowest BCUT2D eigenvalue weighted by Gasteiger charge is -2.14. The average Bonchev–Trinajstić information content (AvgIpc) is 3.18. The normalized spacial score (nSPS) is 15.2. The highest BCUT2D eigenvalue weighted by Crippen LogP contribution is 2.34. The van der Waals surface area contributed by atoms with Crippen LogP contribution in [0.1, 0.15) is 23.8 Å². The monoisotopic (exact) mass is 380 g/mol. The minimum absolute atomic E-state index is 0.00484. The van der Waals surface area contributed by atoms with E-state index in [0.717, 1.165) is 17.0 Å². The summed E-state index contributed by atoms with van der Waals surface area (Å²) in [5, 5.41) is 4.50. The number of hydrogen-bond donors (Lipinski definition) is 1. The zero-order valence-corrected chi connectivity index (χ0v) is 14.6. The molecule has 136 valence electrons. The predicted octanol–water partition coefficient (Wildman–Crippen LogP) is 4.37. The zero-order valence-electron chi connectivity index (χ0n) is 13.8. The van der Waals surface area contributed by atoms with Gasteiger partial charge in [0.2, 0.25) is 0 Å². The molecule has 0 fully saturated rings. The third kappa shape index (κ3) is 3.37. The summed E-state index contributed by atoms with van der Waals surface area (Å²) >= 11 is 1.29. The van der Waals surface area contributed by atoms with Gasteiger partial charge < -0.3 is 5.32 Å². The third-order valence-electron chi connectivity index (χ3n) is 3.84. The maximum Gasteiger partial charge on any atom is 0.416 e. The Kier molecular flexibility index (Phi) is 4.86. The predicted molar refractivity (Wildman–Crippen MR) is 93.3 cm³/mol. The van der Waals surface area contributed by atoms with Gasteiger partial charge in [0.25, 0.3) is 11.8 Å². The summed E-state index contributed by atoms with van der Waals surface area (Å²) in [6, 6.07) is 7.99. The third-order valence-corrected chi connectivity index (χ3v) is 4.73. The first kappa shape index (κ1) is 18.2. The van der Waals surface area contributed by atoms with Gasteiger partial charge in [0.15, 0.2) is 0 Å². The van der Waals surface area contributed by atoms with Crippen LogP contribution >= 0.6 is 11.3 Å². The van der Waals surface area contributed by atoms with Crippen LogP contribution in [-0.4, -0.2) is 23.3 Å². The van der Waals surface area contributed by atoms with E-state index >= 15 is 0 Å². The standard InChI is InChI=1S/C18H15F3N2O2S/c1-2-8-23-16(24)14(13-7-4-9-26-13)15(17(23)25)22-12-6-3-5-11(10-12)18(19,20)21/h3-7,9-10,22H,2,8H2,1H3. The number of imide groups is 1. The highest BCUT2D eigenvalue weighted by atomic mass is 32.1. The van der Waals surface area contributed by atoms with E-state index in [1.165, 1.54) is 23.5 Å². The lowest BCUT2D eigenvalue weighted by atomic mass is 10.1. The Balaban J connectivity index is 2.02. The number of nitrogens with one attached hydrogen (secondary N) is 1. The molecule has 8 heteroatoms. The summed E-state index contributed by atoms with van der Waals surface area (Å²) in [5.74, 6) is -0.966. The smallest absolute Gasteiger partial charge is 0.350 e. The highest BCUT2D eigenvalue weighted by Gasteiger charge is 2.39. The Hall–Kier alpha value is -2.61. The molecule has 0 radical (unpaired) electrons. The van der Waals surface area contributed by atoms with Gasteiger partial charge in [0.1, 0.15) is 5.70 Å². The number of nitrogens with zero attached hydrogens (tertiary/aromatic N) is 1. The van der Waals surface area contributed by atoms with Crippen molar-refractivity contribution in [2.24, 2.45) is 0 Å². The van der Waals surface area contributed by atoms with E-state index in [1.807, 2.05) is 6.92 Å². The summed E-state index contributed by atoms with van der Waals surface area (Å²) in [6.07, 6.45) is -3.90. The summed E-state index contributed by atoms with van der Waals surface area (Å²) in [5.41, 5.74) is -0.535. The van der Waals surface area contributed by atoms with Gasteiger partial charge in [-0.2, -0.15) is 13.2 Å². The molecule has 1 aromatic carbocycles. The Morgan fingerprint density at radius 1 is 1.12 bits per heavy atom. The van der Waals surface area contributed by atoms with Gasteiger partial charge in [-0.05, 0) is 36.1 Å². The molecule has 26 heavy (non-hydrogen) atoms. The molecule has 4 nitrogen and oxygen atoms in total. The molecule has 1 aliphatic rings. The Bertz CT molecular complexity index is 873. The highest BCUT2D eigenvalue weighted by molar-refractivity contribution is 7.11. The van der Waals surface area contributed by atoms with Gasteiger partial charge in [0, 0.05) is 17.1 Å². The van der Waals surface area contributed by atoms with Gasteiger partial charge in [-0.25, -0.2) is 0 Å². The molecule has 2 heterocycles. The summed E-state index contributed by atoms with van der Waals surface area (Å²) in [4.78, 5) is 27.0. The molecule has 1 N–H and O–H groups in total. The average molecular weight is 380 g/mol. The molecule has 2 aromatic rings. The number of alkyl halides is 3. The molecule has 0 spiro atoms. The van der Waals surface area contributed by atoms with E-state index in [4.69, 9.17) is 0 Å². The lowest BCUT2D eigenvalue weighted by molar-refractivity contribution is -0.138. The molecule has 0 bridgehead atoms. The number of carbonyl (C=O) groups excluding carboxylic acids is 2. The van der Waals surface area contributed by atoms with E-state index in [0.29, 0.717) is 11.3 Å². The van der Waals surface area contributed by atoms with E-state index in [2.05, 4.69) is 5.32 Å². The molecule has 2 amide bonds. The molecule has 0 atom stereocenters. The van der Waals surface area contributed by atoms with Gasteiger partial charge in [0.05, 0.1) is 11.1 Å². The number of rotatable bonds is 5. The number of anilines is 1. The number of thiophene rings is 1. The minimum Gasteiger partial charge on any atom is -0.350 e. The van der Waals surface area contributed by atoms with Crippen LogP contribution in [0.2, 0.25) is 0 Å². The van der Waals surface area contributed by atoms with Crippen molar-refractivity contribution in [3.63, 3.8) is 0 Å². The maximum absolute atomic E-state index is 12.9. The van der Waals surface area contributed by atoms with Gasteiger partial charge >= 0.3 is 6.18 Å². The van der Waals surface area contributed by atoms with Crippen molar-refractivity contribution in [2.75, 3.05) is 11.9 Å². The Morgan fingerprint density at radius 2 is 1.88 bits per heavy atom. The first-order chi connectivity index (χ1) is 12.3. The summed E-state index contributed by atoms with van der Waals surface area (Å²) < 4.78 is 38.7. The van der Waals surface area contributed by atoms with Crippen LogP contribution in [0.25, 0.3) is 5.57 Å². The number of carbonyl (C=O) groups is 2. The molecular formula is C18H15F3N2O2S. The number of amides is 2. The quantitative estimate of drug-likeness (QED) is 0.784. The van der Waals surface area contributed by atoms with Crippen LogP contribution in [0.3, 0.4) is 0 Å². The topological polar surface area (TPSA) is 49.4 Å². The lowest BCUT2D eigenvalue weighted by Crippen LogP contribution is -2.33. The van der Waals surface area contributed by atoms with Crippen LogP contribution in [0.15, 0.2) is 47.5 Å². The van der Waals surface area contributed by atoms with Crippen molar-refractivity contribution in [3.05, 3.63) is 57.9 Å². The second kappa shape index (κ2) is 6.95. The van der Waals surface area contributed by atoms with E-state index in [9.17, 15) is 22.8 Å². The molecule has 1 aliphatic heterocycles. The summed E-state index contributed by atoms with van der Waals surface area (Å²) in [7, 11) is 0. The maximum atomic E-state index is 12.9. The fraction of sp³-hybridized carbons (Fsp3) is 0.222. The van der Waals surface area contributed by atoms with Crippen LogP contribution in [0.5, 0.6) is 0 Å². The van der Waals surface area contributed by atoms with Gasteiger partial charge in [-0.3, -0.25) is 14.5 Å². The molecule has 0 aliphatic carbocycles. The number of hydrogen-bond acceptors (Lipinski definition) is 4. The van der Waals surface area contributed by atoms with Crippen molar-refractivity contribution >= 4 is 34.4 Å². The number of halogens is 3. The Morgan fingerprint density at radius 3 is 2.50 bits per heavy atom. The Labute approximate surface area is 151 Å². The van der Waals surface area contributed by atoms with E-state index < -0.39 is 23.6 Å². The fourth-order valence-electron chi connectivity index (χ4n) is 2.69. The van der Waals surface area contributed by atoms with E-state index in [1.54, 1.807) is 17.5 Å². The second-order valence-corrected chi connectivity index (χ2v) is 6.64. The van der Waals surface area contributed by atoms with Crippen molar-refractivity contribution in [1.82, 2.24) is 4.90 Å².